The first-order valence-electron chi connectivity index (χ1n) is 4.76. The highest BCUT2D eigenvalue weighted by Crippen LogP contribution is 2.16. The molecule has 0 saturated heterocycles. The van der Waals surface area contributed by atoms with Gasteiger partial charge in [-0.1, -0.05) is 11.6 Å². The maximum Gasteiger partial charge on any atom is 0.163 e. The molecule has 0 amide bonds. The van der Waals surface area contributed by atoms with Gasteiger partial charge in [-0.2, -0.15) is 0 Å². The number of rotatable bonds is 4. The Morgan fingerprint density at radius 2 is 1.94 bits per heavy atom. The Balaban J connectivity index is 2.81. The normalized spacial score (nSPS) is 11.4. The molecule has 16 heavy (non-hydrogen) atoms. The van der Waals surface area contributed by atoms with Crippen molar-refractivity contribution in [2.24, 2.45) is 0 Å². The van der Waals surface area contributed by atoms with Crippen LogP contribution in [-0.2, 0) is 9.84 Å². The van der Waals surface area contributed by atoms with Gasteiger partial charge in [-0.05, 0) is 30.7 Å². The van der Waals surface area contributed by atoms with Crippen molar-refractivity contribution < 1.29 is 13.2 Å². The Labute approximate surface area is 100 Å². The van der Waals surface area contributed by atoms with Crippen LogP contribution in [0.3, 0.4) is 0 Å². The molecular weight excluding hydrogens is 248 g/mol. The summed E-state index contributed by atoms with van der Waals surface area (Å²) in [5, 5.41) is 0.489. The lowest BCUT2D eigenvalue weighted by atomic mass is 10.1. The monoisotopic (exact) mass is 260 g/mol. The van der Waals surface area contributed by atoms with Gasteiger partial charge in [0.1, 0.15) is 9.84 Å². The molecule has 3 nitrogen and oxygen atoms in total. The van der Waals surface area contributed by atoms with Gasteiger partial charge in [-0.15, -0.1) is 0 Å². The summed E-state index contributed by atoms with van der Waals surface area (Å²) < 4.78 is 21.8. The fourth-order valence-electron chi connectivity index (χ4n) is 1.32. The smallest absolute Gasteiger partial charge is 0.163 e. The largest absolute Gasteiger partial charge is 0.294 e. The van der Waals surface area contributed by atoms with Crippen molar-refractivity contribution >= 4 is 27.2 Å². The van der Waals surface area contributed by atoms with E-state index in [4.69, 9.17) is 11.6 Å². The van der Waals surface area contributed by atoms with E-state index in [-0.39, 0.29) is 18.0 Å². The standard InChI is InChI=1S/C11H13ClO3S/c1-8-5-9(7-10(12)6-8)11(13)3-4-16(2,14)15/h5-7H,3-4H2,1-2H3. The second-order valence-electron chi connectivity index (χ2n) is 3.82. The lowest BCUT2D eigenvalue weighted by Gasteiger charge is -2.02. The Hall–Kier alpha value is -0.870. The number of carbonyl (C=O) groups is 1. The molecule has 5 heteroatoms. The molecule has 0 heterocycles. The van der Waals surface area contributed by atoms with Gasteiger partial charge in [-0.25, -0.2) is 8.42 Å². The van der Waals surface area contributed by atoms with Gasteiger partial charge in [0.05, 0.1) is 5.75 Å². The van der Waals surface area contributed by atoms with E-state index in [1.165, 1.54) is 0 Å². The quantitative estimate of drug-likeness (QED) is 0.781. The third-order valence-corrected chi connectivity index (χ3v) is 3.23. The minimum Gasteiger partial charge on any atom is -0.294 e. The summed E-state index contributed by atoms with van der Waals surface area (Å²) in [5.74, 6) is -0.326. The summed E-state index contributed by atoms with van der Waals surface area (Å²) in [6.07, 6.45) is 1.11. The maximum atomic E-state index is 11.7. The molecule has 0 aliphatic rings. The molecule has 1 aromatic carbocycles. The highest BCUT2D eigenvalue weighted by molar-refractivity contribution is 7.90. The third kappa shape index (κ3) is 4.33. The van der Waals surface area contributed by atoms with Crippen molar-refractivity contribution in [3.8, 4) is 0 Å². The first-order valence-corrected chi connectivity index (χ1v) is 7.20. The van der Waals surface area contributed by atoms with E-state index in [2.05, 4.69) is 0 Å². The molecule has 0 fully saturated rings. The number of carbonyl (C=O) groups excluding carboxylic acids is 1. The summed E-state index contributed by atoms with van der Waals surface area (Å²) >= 11 is 5.81. The van der Waals surface area contributed by atoms with Crippen LogP contribution in [0.5, 0.6) is 0 Å². The van der Waals surface area contributed by atoms with Crippen LogP contribution in [0.25, 0.3) is 0 Å². The summed E-state index contributed by atoms with van der Waals surface area (Å²) in [7, 11) is -3.10. The van der Waals surface area contributed by atoms with Crippen LogP contribution in [-0.4, -0.2) is 26.2 Å². The molecule has 0 aromatic heterocycles. The van der Waals surface area contributed by atoms with Gasteiger partial charge in [0, 0.05) is 23.3 Å². The van der Waals surface area contributed by atoms with Crippen LogP contribution in [0.2, 0.25) is 5.02 Å². The first-order chi connectivity index (χ1) is 7.28. The van der Waals surface area contributed by atoms with Gasteiger partial charge in [0.15, 0.2) is 5.78 Å². The molecule has 1 aromatic rings. The number of hydrogen-bond acceptors (Lipinski definition) is 3. The molecule has 0 spiro atoms. The second kappa shape index (κ2) is 4.97. The molecule has 0 atom stereocenters. The van der Waals surface area contributed by atoms with Crippen molar-refractivity contribution in [3.63, 3.8) is 0 Å². The number of aryl methyl sites for hydroxylation is 1. The lowest BCUT2D eigenvalue weighted by Crippen LogP contribution is -2.09. The van der Waals surface area contributed by atoms with Crippen LogP contribution in [0.1, 0.15) is 22.3 Å². The molecule has 0 aliphatic carbocycles. The van der Waals surface area contributed by atoms with Crippen LogP contribution in [0, 0.1) is 6.92 Å². The lowest BCUT2D eigenvalue weighted by molar-refractivity contribution is 0.0988. The zero-order chi connectivity index (χ0) is 12.3. The number of hydrogen-bond donors (Lipinski definition) is 0. The van der Waals surface area contributed by atoms with Crippen molar-refractivity contribution in [1.29, 1.82) is 0 Å². The third-order valence-electron chi connectivity index (χ3n) is 2.06. The number of halogens is 1. The van der Waals surface area contributed by atoms with E-state index >= 15 is 0 Å². The van der Waals surface area contributed by atoms with Gasteiger partial charge < -0.3 is 0 Å². The van der Waals surface area contributed by atoms with Gasteiger partial charge in [0.25, 0.3) is 0 Å². The zero-order valence-electron chi connectivity index (χ0n) is 9.16. The molecule has 0 saturated carbocycles. The van der Waals surface area contributed by atoms with Gasteiger partial charge in [0.2, 0.25) is 0 Å². The highest BCUT2D eigenvalue weighted by Gasteiger charge is 2.11. The van der Waals surface area contributed by atoms with Crippen LogP contribution in [0.4, 0.5) is 0 Å². The van der Waals surface area contributed by atoms with E-state index in [1.54, 1.807) is 18.2 Å². The van der Waals surface area contributed by atoms with Crippen molar-refractivity contribution in [2.45, 2.75) is 13.3 Å². The molecule has 0 radical (unpaired) electrons. The fraction of sp³-hybridized carbons (Fsp3) is 0.364. The van der Waals surface area contributed by atoms with E-state index in [9.17, 15) is 13.2 Å². The topological polar surface area (TPSA) is 51.2 Å². The van der Waals surface area contributed by atoms with Gasteiger partial charge in [-0.3, -0.25) is 4.79 Å². The predicted molar refractivity (Wildman–Crippen MR) is 64.8 cm³/mol. The summed E-state index contributed by atoms with van der Waals surface area (Å²) in [6.45, 7) is 1.83. The van der Waals surface area contributed by atoms with E-state index in [1.807, 2.05) is 6.92 Å². The summed E-state index contributed by atoms with van der Waals surface area (Å²) in [4.78, 5) is 11.7. The van der Waals surface area contributed by atoms with E-state index in [0.29, 0.717) is 10.6 Å². The van der Waals surface area contributed by atoms with Crippen LogP contribution < -0.4 is 0 Å². The minimum atomic E-state index is -3.10. The number of benzene rings is 1. The SMILES string of the molecule is Cc1cc(Cl)cc(C(=O)CCS(C)(=O)=O)c1. The fourth-order valence-corrected chi connectivity index (χ4v) is 2.17. The van der Waals surface area contributed by atoms with E-state index < -0.39 is 9.84 Å². The molecule has 0 aliphatic heterocycles. The number of ketones is 1. The number of sulfone groups is 1. The Morgan fingerprint density at radius 3 is 2.44 bits per heavy atom. The Kier molecular flexibility index (Phi) is 4.10. The van der Waals surface area contributed by atoms with Crippen LogP contribution in [0.15, 0.2) is 18.2 Å². The molecule has 0 N–H and O–H groups in total. The maximum absolute atomic E-state index is 11.7. The molecular formula is C11H13ClO3S. The van der Waals surface area contributed by atoms with E-state index in [0.717, 1.165) is 11.8 Å². The van der Waals surface area contributed by atoms with Crippen LogP contribution >= 0.6 is 11.6 Å². The van der Waals surface area contributed by atoms with Crippen molar-refractivity contribution in [3.05, 3.63) is 34.3 Å². The first kappa shape index (κ1) is 13.2. The van der Waals surface area contributed by atoms with Gasteiger partial charge >= 0.3 is 0 Å². The molecule has 88 valence electrons. The zero-order valence-corrected chi connectivity index (χ0v) is 10.7. The minimum absolute atomic E-state index is 0.00137. The molecule has 0 bridgehead atoms. The molecule has 1 rings (SSSR count). The Bertz CT molecular complexity index is 486. The Morgan fingerprint density at radius 1 is 1.31 bits per heavy atom. The summed E-state index contributed by atoms with van der Waals surface area (Å²) in [5.41, 5.74) is 1.35. The summed E-state index contributed by atoms with van der Waals surface area (Å²) in [6, 6.07) is 5.00. The average molecular weight is 261 g/mol. The van der Waals surface area contributed by atoms with Crippen molar-refractivity contribution in [1.82, 2.24) is 0 Å². The second-order valence-corrected chi connectivity index (χ2v) is 6.52. The predicted octanol–water partition coefficient (Wildman–Crippen LogP) is 2.27. The average Bonchev–Trinajstić information content (AvgIpc) is 2.11. The number of Topliss-reactive ketones (excluding diaryl/α,β-unsaturated/α-hetero) is 1. The highest BCUT2D eigenvalue weighted by atomic mass is 35.5. The van der Waals surface area contributed by atoms with Crippen molar-refractivity contribution in [2.75, 3.05) is 12.0 Å². The molecule has 0 unspecified atom stereocenters.